The number of carbonyl (C=O) groups is 2. The van der Waals surface area contributed by atoms with Gasteiger partial charge in [-0.1, -0.05) is 56.3 Å². The van der Waals surface area contributed by atoms with Crippen LogP contribution in [0.3, 0.4) is 0 Å². The van der Waals surface area contributed by atoms with Crippen LogP contribution in [0.2, 0.25) is 0 Å². The van der Waals surface area contributed by atoms with E-state index in [0.29, 0.717) is 23.6 Å². The molecule has 0 heterocycles. The fourth-order valence-electron chi connectivity index (χ4n) is 3.18. The van der Waals surface area contributed by atoms with Gasteiger partial charge in [-0.3, -0.25) is 9.59 Å². The van der Waals surface area contributed by atoms with E-state index < -0.39 is 6.04 Å². The largest absolute Gasteiger partial charge is 0.493 e. The highest BCUT2D eigenvalue weighted by Gasteiger charge is 2.26. The predicted molar refractivity (Wildman–Crippen MR) is 116 cm³/mol. The molecule has 3 aromatic carbocycles. The standard InChI is InChI=1S/C24H26N2O3/c1-4-29-21-12-8-7-11-20(21)23(27)26-22(16(2)3)24(28)25-19-14-13-17-9-5-6-10-18(17)15-19/h5-16,22H,4H2,1-3H3,(H,25,28)(H,26,27)/t22-/m0/s1. The van der Waals surface area contributed by atoms with Crippen molar-refractivity contribution in [3.63, 3.8) is 0 Å². The summed E-state index contributed by atoms with van der Waals surface area (Å²) in [6.45, 7) is 6.13. The molecule has 3 rings (SSSR count). The van der Waals surface area contributed by atoms with Crippen molar-refractivity contribution < 1.29 is 14.3 Å². The van der Waals surface area contributed by atoms with Crippen LogP contribution < -0.4 is 15.4 Å². The molecule has 5 nitrogen and oxygen atoms in total. The Kier molecular flexibility index (Phi) is 6.50. The molecular formula is C24H26N2O3. The maximum absolute atomic E-state index is 12.9. The van der Waals surface area contributed by atoms with Gasteiger partial charge >= 0.3 is 0 Å². The molecule has 1 atom stereocenters. The number of hydrogen-bond acceptors (Lipinski definition) is 3. The molecule has 0 bridgehead atoms. The van der Waals surface area contributed by atoms with Gasteiger partial charge in [0.05, 0.1) is 12.2 Å². The minimum Gasteiger partial charge on any atom is -0.493 e. The number of benzene rings is 3. The van der Waals surface area contributed by atoms with Crippen molar-refractivity contribution in [1.29, 1.82) is 0 Å². The lowest BCUT2D eigenvalue weighted by Gasteiger charge is -2.22. The van der Waals surface area contributed by atoms with Crippen LogP contribution in [0, 0.1) is 5.92 Å². The molecule has 0 spiro atoms. The minimum atomic E-state index is -0.677. The molecule has 0 aromatic heterocycles. The molecule has 0 unspecified atom stereocenters. The first-order valence-corrected chi connectivity index (χ1v) is 9.82. The van der Waals surface area contributed by atoms with E-state index in [1.165, 1.54) is 0 Å². The molecule has 2 amide bonds. The van der Waals surface area contributed by atoms with E-state index in [2.05, 4.69) is 10.6 Å². The van der Waals surface area contributed by atoms with Crippen LogP contribution in [0.5, 0.6) is 5.75 Å². The van der Waals surface area contributed by atoms with Crippen molar-refractivity contribution in [2.24, 2.45) is 5.92 Å². The first kappa shape index (κ1) is 20.4. The average molecular weight is 390 g/mol. The van der Waals surface area contributed by atoms with E-state index >= 15 is 0 Å². The number of amides is 2. The molecule has 0 fully saturated rings. The van der Waals surface area contributed by atoms with Gasteiger partial charge in [-0.25, -0.2) is 0 Å². The fourth-order valence-corrected chi connectivity index (χ4v) is 3.18. The molecule has 0 aliphatic heterocycles. The summed E-state index contributed by atoms with van der Waals surface area (Å²) >= 11 is 0. The van der Waals surface area contributed by atoms with Gasteiger partial charge in [0.25, 0.3) is 5.91 Å². The quantitative estimate of drug-likeness (QED) is 0.618. The second-order valence-corrected chi connectivity index (χ2v) is 7.18. The highest BCUT2D eigenvalue weighted by molar-refractivity contribution is 6.03. The number of fused-ring (bicyclic) bond motifs is 1. The Balaban J connectivity index is 1.76. The fraction of sp³-hybridized carbons (Fsp3) is 0.250. The van der Waals surface area contributed by atoms with Crippen LogP contribution in [0.15, 0.2) is 66.7 Å². The first-order chi connectivity index (χ1) is 14.0. The predicted octanol–water partition coefficient (Wildman–Crippen LogP) is 4.63. The third kappa shape index (κ3) is 4.93. The number of carbonyl (C=O) groups excluding carboxylic acids is 2. The zero-order chi connectivity index (χ0) is 20.8. The Morgan fingerprint density at radius 3 is 2.34 bits per heavy atom. The summed E-state index contributed by atoms with van der Waals surface area (Å²) in [5, 5.41) is 7.93. The zero-order valence-corrected chi connectivity index (χ0v) is 16.9. The van der Waals surface area contributed by atoms with Crippen molar-refractivity contribution >= 4 is 28.3 Å². The Bertz CT molecular complexity index is 1010. The zero-order valence-electron chi connectivity index (χ0n) is 16.9. The van der Waals surface area contributed by atoms with Crippen LogP contribution in [0.4, 0.5) is 5.69 Å². The van der Waals surface area contributed by atoms with Crippen LogP contribution in [0.25, 0.3) is 10.8 Å². The molecule has 0 aliphatic rings. The number of nitrogens with one attached hydrogen (secondary N) is 2. The van der Waals surface area contributed by atoms with E-state index in [0.717, 1.165) is 10.8 Å². The summed E-state index contributed by atoms with van der Waals surface area (Å²) in [5.74, 6) is -0.164. The molecule has 0 saturated heterocycles. The van der Waals surface area contributed by atoms with E-state index in [1.807, 2.05) is 69.3 Å². The van der Waals surface area contributed by atoms with Crippen molar-refractivity contribution in [3.8, 4) is 5.75 Å². The summed E-state index contributed by atoms with van der Waals surface area (Å²) in [4.78, 5) is 25.7. The van der Waals surface area contributed by atoms with Gasteiger partial charge in [0.15, 0.2) is 0 Å². The molecule has 3 aromatic rings. The Morgan fingerprint density at radius 1 is 0.931 bits per heavy atom. The van der Waals surface area contributed by atoms with Gasteiger partial charge in [0.2, 0.25) is 5.91 Å². The SMILES string of the molecule is CCOc1ccccc1C(=O)N[C@H](C(=O)Nc1ccc2ccccc2c1)C(C)C. The van der Waals surface area contributed by atoms with Gasteiger partial charge in [-0.15, -0.1) is 0 Å². The van der Waals surface area contributed by atoms with Gasteiger partial charge in [0.1, 0.15) is 11.8 Å². The number of ether oxygens (including phenoxy) is 1. The van der Waals surface area contributed by atoms with Crippen molar-refractivity contribution in [3.05, 3.63) is 72.3 Å². The molecule has 0 radical (unpaired) electrons. The summed E-state index contributed by atoms with van der Waals surface area (Å²) in [6, 6.07) is 20.1. The smallest absolute Gasteiger partial charge is 0.255 e. The molecule has 0 saturated carbocycles. The maximum atomic E-state index is 12.9. The van der Waals surface area contributed by atoms with E-state index in [4.69, 9.17) is 4.74 Å². The Labute approximate surface area is 171 Å². The molecule has 29 heavy (non-hydrogen) atoms. The van der Waals surface area contributed by atoms with E-state index in [-0.39, 0.29) is 17.7 Å². The van der Waals surface area contributed by atoms with Gasteiger partial charge < -0.3 is 15.4 Å². The lowest BCUT2D eigenvalue weighted by atomic mass is 10.0. The summed E-state index contributed by atoms with van der Waals surface area (Å²) in [7, 11) is 0. The van der Waals surface area contributed by atoms with Gasteiger partial charge in [-0.05, 0) is 47.9 Å². The monoisotopic (exact) mass is 390 g/mol. The van der Waals surface area contributed by atoms with Crippen molar-refractivity contribution in [2.75, 3.05) is 11.9 Å². The normalized spacial score (nSPS) is 11.9. The van der Waals surface area contributed by atoms with E-state index in [1.54, 1.807) is 18.2 Å². The van der Waals surface area contributed by atoms with Crippen molar-refractivity contribution in [1.82, 2.24) is 5.32 Å². The summed E-state index contributed by atoms with van der Waals surface area (Å²) in [5.41, 5.74) is 1.11. The average Bonchev–Trinajstić information content (AvgIpc) is 2.72. The number of hydrogen-bond donors (Lipinski definition) is 2. The topological polar surface area (TPSA) is 67.4 Å². The molecular weight excluding hydrogens is 364 g/mol. The van der Waals surface area contributed by atoms with Gasteiger partial charge in [0, 0.05) is 5.69 Å². The van der Waals surface area contributed by atoms with Gasteiger partial charge in [-0.2, -0.15) is 0 Å². The van der Waals surface area contributed by atoms with Crippen LogP contribution in [0.1, 0.15) is 31.1 Å². The Hall–Kier alpha value is -3.34. The van der Waals surface area contributed by atoms with Crippen LogP contribution >= 0.6 is 0 Å². The minimum absolute atomic E-state index is 0.0846. The second-order valence-electron chi connectivity index (χ2n) is 7.18. The maximum Gasteiger partial charge on any atom is 0.255 e. The summed E-state index contributed by atoms with van der Waals surface area (Å²) < 4.78 is 5.54. The third-order valence-electron chi connectivity index (χ3n) is 4.68. The van der Waals surface area contributed by atoms with Crippen molar-refractivity contribution in [2.45, 2.75) is 26.8 Å². The lowest BCUT2D eigenvalue weighted by molar-refractivity contribution is -0.118. The van der Waals surface area contributed by atoms with E-state index in [9.17, 15) is 9.59 Å². The highest BCUT2D eigenvalue weighted by atomic mass is 16.5. The lowest BCUT2D eigenvalue weighted by Crippen LogP contribution is -2.47. The molecule has 2 N–H and O–H groups in total. The highest BCUT2D eigenvalue weighted by Crippen LogP contribution is 2.21. The van der Waals surface area contributed by atoms with Crippen LogP contribution in [-0.4, -0.2) is 24.5 Å². The Morgan fingerprint density at radius 2 is 1.62 bits per heavy atom. The number of anilines is 1. The molecule has 0 aliphatic carbocycles. The summed E-state index contributed by atoms with van der Waals surface area (Å²) in [6.07, 6.45) is 0. The number of para-hydroxylation sites is 1. The first-order valence-electron chi connectivity index (χ1n) is 9.82. The van der Waals surface area contributed by atoms with Crippen LogP contribution in [-0.2, 0) is 4.79 Å². The second kappa shape index (κ2) is 9.24. The number of rotatable bonds is 7. The molecule has 5 heteroatoms. The molecule has 150 valence electrons. The third-order valence-corrected chi connectivity index (χ3v) is 4.68.